The second-order valence-electron chi connectivity index (χ2n) is 5.93. The molecule has 1 atom stereocenters. The van der Waals surface area contributed by atoms with E-state index in [2.05, 4.69) is 10.3 Å². The topological polar surface area (TPSA) is 80.4 Å². The van der Waals surface area contributed by atoms with Gasteiger partial charge in [0.05, 0.1) is 24.0 Å². The summed E-state index contributed by atoms with van der Waals surface area (Å²) in [7, 11) is 3.86. The van der Waals surface area contributed by atoms with E-state index < -0.39 is 0 Å². The van der Waals surface area contributed by atoms with Gasteiger partial charge in [0.1, 0.15) is 10.6 Å². The molecule has 3 aromatic heterocycles. The van der Waals surface area contributed by atoms with Crippen LogP contribution in [0.4, 0.5) is 0 Å². The Labute approximate surface area is 148 Å². The van der Waals surface area contributed by atoms with E-state index in [-0.39, 0.29) is 23.9 Å². The number of nitrogens with one attached hydrogen (secondary N) is 1. The largest absolute Gasteiger partial charge is 0.468 e. The number of fused-ring (bicyclic) bond motifs is 1. The van der Waals surface area contributed by atoms with E-state index in [1.54, 1.807) is 12.3 Å². The van der Waals surface area contributed by atoms with Crippen molar-refractivity contribution in [1.29, 1.82) is 0 Å². The molecule has 8 heteroatoms. The number of hydrogen-bond donors (Lipinski definition) is 1. The Morgan fingerprint density at radius 3 is 3.00 bits per heavy atom. The van der Waals surface area contributed by atoms with Gasteiger partial charge in [0.15, 0.2) is 0 Å². The second-order valence-corrected chi connectivity index (χ2v) is 6.83. The van der Waals surface area contributed by atoms with Gasteiger partial charge in [0.2, 0.25) is 5.91 Å². The Hall–Kier alpha value is -2.45. The normalized spacial score (nSPS) is 12.6. The average molecular weight is 360 g/mol. The maximum absolute atomic E-state index is 12.3. The first-order chi connectivity index (χ1) is 12.1. The van der Waals surface area contributed by atoms with Crippen LogP contribution in [-0.4, -0.2) is 41.0 Å². The lowest BCUT2D eigenvalue weighted by molar-refractivity contribution is -0.121. The third kappa shape index (κ3) is 3.97. The van der Waals surface area contributed by atoms with Crippen molar-refractivity contribution >= 4 is 27.5 Å². The number of carbonyl (C=O) groups excluding carboxylic acids is 1. The smallest absolute Gasteiger partial charge is 0.262 e. The third-order valence-electron chi connectivity index (χ3n) is 4.02. The van der Waals surface area contributed by atoms with E-state index in [4.69, 9.17) is 4.42 Å². The Kier molecular flexibility index (Phi) is 5.30. The average Bonchev–Trinajstić information content (AvgIpc) is 3.26. The number of rotatable bonds is 7. The fourth-order valence-corrected chi connectivity index (χ4v) is 3.32. The summed E-state index contributed by atoms with van der Waals surface area (Å²) in [5.41, 5.74) is -0.110. The molecular formula is C17H20N4O3S. The van der Waals surface area contributed by atoms with Crippen LogP contribution in [0.3, 0.4) is 0 Å². The third-order valence-corrected chi connectivity index (χ3v) is 4.84. The Balaban J connectivity index is 1.57. The highest BCUT2D eigenvalue weighted by Crippen LogP contribution is 2.17. The number of likely N-dealkylation sites (N-methyl/N-ethyl adjacent to an activating group) is 1. The van der Waals surface area contributed by atoms with Crippen LogP contribution in [0.2, 0.25) is 0 Å². The second kappa shape index (κ2) is 7.62. The van der Waals surface area contributed by atoms with E-state index in [9.17, 15) is 9.59 Å². The maximum Gasteiger partial charge on any atom is 0.262 e. The molecule has 0 fully saturated rings. The van der Waals surface area contributed by atoms with Crippen molar-refractivity contribution in [2.45, 2.75) is 19.0 Å². The summed E-state index contributed by atoms with van der Waals surface area (Å²) in [6.45, 7) is 0.743. The van der Waals surface area contributed by atoms with Crippen LogP contribution in [0.15, 0.2) is 45.4 Å². The first-order valence-corrected chi connectivity index (χ1v) is 8.83. The van der Waals surface area contributed by atoms with Crippen LogP contribution in [0, 0.1) is 0 Å². The molecule has 0 spiro atoms. The minimum Gasteiger partial charge on any atom is -0.468 e. The number of hydrogen-bond acceptors (Lipinski definition) is 6. The number of thiophene rings is 1. The standard InChI is InChI=1S/C17H20N4O3S/c1-20(2)13(14-4-3-8-24-14)10-18-15(22)5-7-21-11-19-16-12(17(21)23)6-9-25-16/h3-4,6,8-9,11,13H,5,7,10H2,1-2H3,(H,18,22). The van der Waals surface area contributed by atoms with Crippen molar-refractivity contribution in [2.75, 3.05) is 20.6 Å². The van der Waals surface area contributed by atoms with Gasteiger partial charge in [-0.2, -0.15) is 0 Å². The monoisotopic (exact) mass is 360 g/mol. The van der Waals surface area contributed by atoms with E-state index >= 15 is 0 Å². The van der Waals surface area contributed by atoms with Gasteiger partial charge in [-0.1, -0.05) is 0 Å². The number of aromatic nitrogens is 2. The van der Waals surface area contributed by atoms with Gasteiger partial charge in [0.25, 0.3) is 5.56 Å². The van der Waals surface area contributed by atoms with Crippen LogP contribution in [0.1, 0.15) is 18.2 Å². The predicted octanol–water partition coefficient (Wildman–Crippen LogP) is 1.86. The summed E-state index contributed by atoms with van der Waals surface area (Å²) in [5.74, 6) is 0.685. The van der Waals surface area contributed by atoms with Crippen LogP contribution in [0.5, 0.6) is 0 Å². The van der Waals surface area contributed by atoms with Gasteiger partial charge < -0.3 is 9.73 Å². The lowest BCUT2D eigenvalue weighted by Crippen LogP contribution is -2.35. The molecule has 0 radical (unpaired) electrons. The minimum atomic E-state index is -0.115. The van der Waals surface area contributed by atoms with E-state index in [1.165, 1.54) is 22.2 Å². The highest BCUT2D eigenvalue weighted by atomic mass is 32.1. The molecule has 0 aliphatic rings. The molecule has 0 aliphatic heterocycles. The molecule has 3 rings (SSSR count). The van der Waals surface area contributed by atoms with Crippen molar-refractivity contribution in [3.05, 3.63) is 52.3 Å². The van der Waals surface area contributed by atoms with Gasteiger partial charge in [-0.05, 0) is 37.7 Å². The molecule has 0 bridgehead atoms. The Morgan fingerprint density at radius 1 is 1.44 bits per heavy atom. The quantitative estimate of drug-likeness (QED) is 0.696. The molecule has 132 valence electrons. The number of amides is 1. The summed E-state index contributed by atoms with van der Waals surface area (Å²) < 4.78 is 6.90. The zero-order chi connectivity index (χ0) is 17.8. The van der Waals surface area contributed by atoms with Crippen molar-refractivity contribution in [1.82, 2.24) is 19.8 Å². The predicted molar refractivity (Wildman–Crippen MR) is 96.6 cm³/mol. The van der Waals surface area contributed by atoms with Crippen molar-refractivity contribution in [2.24, 2.45) is 0 Å². The van der Waals surface area contributed by atoms with Crippen molar-refractivity contribution in [3.63, 3.8) is 0 Å². The van der Waals surface area contributed by atoms with E-state index in [0.29, 0.717) is 18.5 Å². The van der Waals surface area contributed by atoms with Gasteiger partial charge in [-0.15, -0.1) is 11.3 Å². The van der Waals surface area contributed by atoms with Crippen LogP contribution in [0.25, 0.3) is 10.2 Å². The fourth-order valence-electron chi connectivity index (χ4n) is 2.59. The molecule has 1 amide bonds. The SMILES string of the molecule is CN(C)C(CNC(=O)CCn1cnc2sccc2c1=O)c1ccco1. The van der Waals surface area contributed by atoms with Gasteiger partial charge in [0, 0.05) is 19.5 Å². The van der Waals surface area contributed by atoms with E-state index in [1.807, 2.05) is 36.5 Å². The molecule has 3 heterocycles. The molecule has 1 N–H and O–H groups in total. The van der Waals surface area contributed by atoms with Crippen molar-refractivity contribution < 1.29 is 9.21 Å². The summed E-state index contributed by atoms with van der Waals surface area (Å²) in [6.07, 6.45) is 3.34. The molecule has 0 aromatic carbocycles. The number of aryl methyl sites for hydroxylation is 1. The number of nitrogens with zero attached hydrogens (tertiary/aromatic N) is 3. The summed E-state index contributed by atoms with van der Waals surface area (Å²) in [4.78, 5) is 31.4. The first-order valence-electron chi connectivity index (χ1n) is 7.95. The Morgan fingerprint density at radius 2 is 2.28 bits per heavy atom. The summed E-state index contributed by atoms with van der Waals surface area (Å²) >= 11 is 1.43. The molecule has 7 nitrogen and oxygen atoms in total. The van der Waals surface area contributed by atoms with Crippen LogP contribution in [-0.2, 0) is 11.3 Å². The molecular weight excluding hydrogens is 340 g/mol. The minimum absolute atomic E-state index is 0.0366. The molecule has 0 aliphatic carbocycles. The molecule has 3 aromatic rings. The lowest BCUT2D eigenvalue weighted by atomic mass is 10.2. The number of furan rings is 1. The van der Waals surface area contributed by atoms with Gasteiger partial charge >= 0.3 is 0 Å². The van der Waals surface area contributed by atoms with Crippen molar-refractivity contribution in [3.8, 4) is 0 Å². The summed E-state index contributed by atoms with van der Waals surface area (Å²) in [6, 6.07) is 5.44. The van der Waals surface area contributed by atoms with Gasteiger partial charge in [-0.25, -0.2) is 4.98 Å². The molecule has 0 saturated carbocycles. The first kappa shape index (κ1) is 17.4. The van der Waals surface area contributed by atoms with Crippen LogP contribution < -0.4 is 10.9 Å². The molecule has 25 heavy (non-hydrogen) atoms. The number of carbonyl (C=O) groups is 1. The summed E-state index contributed by atoms with van der Waals surface area (Å²) in [5, 5.41) is 5.34. The highest BCUT2D eigenvalue weighted by Gasteiger charge is 2.17. The molecule has 0 saturated heterocycles. The Bertz CT molecular complexity index is 898. The lowest BCUT2D eigenvalue weighted by Gasteiger charge is -2.22. The van der Waals surface area contributed by atoms with Gasteiger partial charge in [-0.3, -0.25) is 19.1 Å². The highest BCUT2D eigenvalue weighted by molar-refractivity contribution is 7.16. The van der Waals surface area contributed by atoms with E-state index in [0.717, 1.165) is 10.6 Å². The zero-order valence-electron chi connectivity index (χ0n) is 14.1. The fraction of sp³-hybridized carbons (Fsp3) is 0.353. The molecule has 1 unspecified atom stereocenters. The zero-order valence-corrected chi connectivity index (χ0v) is 15.0. The van der Waals surface area contributed by atoms with Crippen LogP contribution >= 0.6 is 11.3 Å². The maximum atomic E-state index is 12.3.